The topological polar surface area (TPSA) is 77.9 Å². The molecule has 2 aromatic rings. The maximum Gasteiger partial charge on any atom is 0.232 e. The second-order valence-corrected chi connectivity index (χ2v) is 6.84. The maximum absolute atomic E-state index is 13.5. The van der Waals surface area contributed by atoms with Crippen LogP contribution < -0.4 is 19.7 Å². The third kappa shape index (κ3) is 5.01. The van der Waals surface area contributed by atoms with Crippen LogP contribution in [-0.2, 0) is 16.6 Å². The molecule has 1 aromatic carbocycles. The van der Waals surface area contributed by atoms with Gasteiger partial charge in [0.25, 0.3) is 0 Å². The number of hydrogen-bond acceptors (Lipinski definition) is 6. The van der Waals surface area contributed by atoms with Gasteiger partial charge in [0, 0.05) is 57.7 Å². The van der Waals surface area contributed by atoms with Gasteiger partial charge in [-0.2, -0.15) is 5.10 Å². The average Bonchev–Trinajstić information content (AvgIpc) is 3.36. The van der Waals surface area contributed by atoms with Crippen LogP contribution in [0.15, 0.2) is 30.6 Å². The number of nitrogens with one attached hydrogen (secondary N) is 1. The summed E-state index contributed by atoms with van der Waals surface area (Å²) in [6.07, 6.45) is 3.82. The van der Waals surface area contributed by atoms with Crippen molar-refractivity contribution in [2.24, 2.45) is 13.0 Å². The van der Waals surface area contributed by atoms with Gasteiger partial charge in [-0.05, 0) is 17.7 Å². The van der Waals surface area contributed by atoms with E-state index in [9.17, 15) is 4.79 Å². The zero-order valence-electron chi connectivity index (χ0n) is 17.3. The van der Waals surface area contributed by atoms with Crippen LogP contribution in [0.4, 0.5) is 5.69 Å². The zero-order chi connectivity index (χ0) is 20.1. The molecule has 9 heteroatoms. The molecule has 0 radical (unpaired) electrons. The molecular formula is C20H29ClN4O4. The second-order valence-electron chi connectivity index (χ2n) is 6.84. The number of carbonyl (C=O) groups is 1. The summed E-state index contributed by atoms with van der Waals surface area (Å²) in [5, 5.41) is 7.62. The van der Waals surface area contributed by atoms with Gasteiger partial charge >= 0.3 is 0 Å². The van der Waals surface area contributed by atoms with Gasteiger partial charge in [-0.15, -0.1) is 12.4 Å². The third-order valence-corrected chi connectivity index (χ3v) is 5.15. The first-order valence-corrected chi connectivity index (χ1v) is 9.30. The second kappa shape index (κ2) is 10.5. The summed E-state index contributed by atoms with van der Waals surface area (Å²) in [6, 6.07) is 5.51. The Balaban J connectivity index is 0.00000300. The van der Waals surface area contributed by atoms with Gasteiger partial charge in [0.1, 0.15) is 0 Å². The van der Waals surface area contributed by atoms with Crippen LogP contribution in [0, 0.1) is 5.92 Å². The van der Waals surface area contributed by atoms with Crippen molar-refractivity contribution in [1.29, 1.82) is 0 Å². The summed E-state index contributed by atoms with van der Waals surface area (Å²) in [4.78, 5) is 15.3. The molecular weight excluding hydrogens is 396 g/mol. The summed E-state index contributed by atoms with van der Waals surface area (Å²) < 4.78 is 17.7. The molecule has 29 heavy (non-hydrogen) atoms. The first kappa shape index (κ1) is 23.0. The molecule has 1 amide bonds. The van der Waals surface area contributed by atoms with Crippen LogP contribution in [-0.4, -0.2) is 63.3 Å². The van der Waals surface area contributed by atoms with Crippen molar-refractivity contribution in [2.75, 3.05) is 52.5 Å². The third-order valence-electron chi connectivity index (χ3n) is 5.15. The summed E-state index contributed by atoms with van der Waals surface area (Å²) in [6.45, 7) is 2.29. The van der Waals surface area contributed by atoms with E-state index in [0.717, 1.165) is 17.8 Å². The molecule has 8 nitrogen and oxygen atoms in total. The van der Waals surface area contributed by atoms with E-state index in [1.165, 1.54) is 0 Å². The van der Waals surface area contributed by atoms with E-state index in [1.807, 2.05) is 37.6 Å². The Morgan fingerprint density at radius 1 is 1.24 bits per heavy atom. The van der Waals surface area contributed by atoms with Gasteiger partial charge in [0.2, 0.25) is 5.91 Å². The Hall–Kier alpha value is -2.29. The van der Waals surface area contributed by atoms with Gasteiger partial charge in [-0.3, -0.25) is 9.48 Å². The lowest BCUT2D eigenvalue weighted by Crippen LogP contribution is -2.40. The zero-order valence-corrected chi connectivity index (χ0v) is 18.1. The minimum atomic E-state index is -0.172. The number of aromatic nitrogens is 2. The highest BCUT2D eigenvalue weighted by atomic mass is 35.5. The van der Waals surface area contributed by atoms with Gasteiger partial charge in [-0.25, -0.2) is 0 Å². The highest BCUT2D eigenvalue weighted by Gasteiger charge is 2.37. The highest BCUT2D eigenvalue weighted by Crippen LogP contribution is 2.34. The van der Waals surface area contributed by atoms with Crippen molar-refractivity contribution in [1.82, 2.24) is 15.1 Å². The van der Waals surface area contributed by atoms with Crippen molar-refractivity contribution in [2.45, 2.75) is 5.92 Å². The van der Waals surface area contributed by atoms with Gasteiger partial charge in [0.15, 0.2) is 11.5 Å². The van der Waals surface area contributed by atoms with E-state index in [0.29, 0.717) is 31.2 Å². The van der Waals surface area contributed by atoms with Crippen molar-refractivity contribution >= 4 is 24.0 Å². The average molecular weight is 425 g/mol. The molecule has 1 aliphatic rings. The van der Waals surface area contributed by atoms with Gasteiger partial charge in [-0.1, -0.05) is 0 Å². The number of ether oxygens (including phenoxy) is 3. The molecule has 1 aromatic heterocycles. The molecule has 1 N–H and O–H groups in total. The Labute approximate surface area is 177 Å². The fraction of sp³-hybridized carbons (Fsp3) is 0.500. The Morgan fingerprint density at radius 2 is 2.00 bits per heavy atom. The Bertz CT molecular complexity index is 814. The largest absolute Gasteiger partial charge is 0.493 e. The fourth-order valence-electron chi connectivity index (χ4n) is 3.66. The lowest BCUT2D eigenvalue weighted by molar-refractivity contribution is -0.122. The first-order valence-electron chi connectivity index (χ1n) is 9.30. The summed E-state index contributed by atoms with van der Waals surface area (Å²) in [5.41, 5.74) is 1.83. The lowest BCUT2D eigenvalue weighted by atomic mass is 9.89. The van der Waals surface area contributed by atoms with E-state index >= 15 is 0 Å². The van der Waals surface area contributed by atoms with Gasteiger partial charge < -0.3 is 24.4 Å². The number of anilines is 1. The molecule has 0 bridgehead atoms. The number of methoxy groups -OCH3 is 3. The number of aryl methyl sites for hydroxylation is 1. The molecule has 2 atom stereocenters. The number of nitrogens with zero attached hydrogens (tertiary/aromatic N) is 3. The van der Waals surface area contributed by atoms with Crippen molar-refractivity contribution in [3.05, 3.63) is 36.2 Å². The van der Waals surface area contributed by atoms with Crippen LogP contribution >= 0.6 is 12.4 Å². The number of amides is 1. The van der Waals surface area contributed by atoms with Gasteiger partial charge in [0.05, 0.1) is 32.9 Å². The number of hydrogen-bond donors (Lipinski definition) is 1. The highest BCUT2D eigenvalue weighted by molar-refractivity contribution is 5.96. The Kier molecular flexibility index (Phi) is 8.31. The number of rotatable bonds is 8. The normalized spacial score (nSPS) is 18.2. The maximum atomic E-state index is 13.5. The molecule has 1 saturated heterocycles. The Morgan fingerprint density at radius 3 is 2.62 bits per heavy atom. The SMILES string of the molecule is COCCN(C(=O)[C@H]1CNC[C@@H]1c1cnn(C)c1)c1ccc(OC)c(OC)c1.Cl. The number of halogens is 1. The van der Waals surface area contributed by atoms with Crippen LogP contribution in [0.3, 0.4) is 0 Å². The molecule has 0 unspecified atom stereocenters. The molecule has 0 aliphatic carbocycles. The minimum Gasteiger partial charge on any atom is -0.493 e. The van der Waals surface area contributed by atoms with Crippen LogP contribution in [0.25, 0.3) is 0 Å². The first-order chi connectivity index (χ1) is 13.6. The fourth-order valence-corrected chi connectivity index (χ4v) is 3.66. The van der Waals surface area contributed by atoms with E-state index in [2.05, 4.69) is 10.4 Å². The minimum absolute atomic E-state index is 0. The summed E-state index contributed by atoms with van der Waals surface area (Å²) >= 11 is 0. The van der Waals surface area contributed by atoms with E-state index < -0.39 is 0 Å². The van der Waals surface area contributed by atoms with Crippen molar-refractivity contribution < 1.29 is 19.0 Å². The van der Waals surface area contributed by atoms with Crippen molar-refractivity contribution in [3.8, 4) is 11.5 Å². The molecule has 160 valence electrons. The lowest BCUT2D eigenvalue weighted by Gasteiger charge is -2.28. The number of benzene rings is 1. The summed E-state index contributed by atoms with van der Waals surface area (Å²) in [5.74, 6) is 1.19. The molecule has 0 spiro atoms. The molecule has 1 fully saturated rings. The molecule has 3 rings (SSSR count). The predicted octanol–water partition coefficient (Wildman–Crippen LogP) is 1.84. The van der Waals surface area contributed by atoms with E-state index in [4.69, 9.17) is 14.2 Å². The number of carbonyl (C=O) groups excluding carboxylic acids is 1. The molecule has 0 saturated carbocycles. The standard InChI is InChI=1S/C20H28N4O4.ClH/c1-23-13-14(10-22-23)16-11-21-12-17(16)20(25)24(7-8-26-2)15-5-6-18(27-3)19(9-15)28-4;/h5-6,9-10,13,16-17,21H,7-8,11-12H2,1-4H3;1H/t16-,17+;/m1./s1. The van der Waals surface area contributed by atoms with Crippen LogP contribution in [0.2, 0.25) is 0 Å². The quantitative estimate of drug-likeness (QED) is 0.696. The predicted molar refractivity (Wildman–Crippen MR) is 113 cm³/mol. The smallest absolute Gasteiger partial charge is 0.232 e. The van der Waals surface area contributed by atoms with Crippen molar-refractivity contribution in [3.63, 3.8) is 0 Å². The van der Waals surface area contributed by atoms with Crippen LogP contribution in [0.5, 0.6) is 11.5 Å². The van der Waals surface area contributed by atoms with E-state index in [-0.39, 0.29) is 30.2 Å². The van der Waals surface area contributed by atoms with E-state index in [1.54, 1.807) is 30.9 Å². The molecule has 1 aliphatic heterocycles. The summed E-state index contributed by atoms with van der Waals surface area (Å²) in [7, 11) is 6.69. The molecule has 2 heterocycles. The van der Waals surface area contributed by atoms with Crippen LogP contribution in [0.1, 0.15) is 11.5 Å². The monoisotopic (exact) mass is 424 g/mol.